The van der Waals surface area contributed by atoms with Gasteiger partial charge in [0, 0.05) is 17.0 Å². The van der Waals surface area contributed by atoms with E-state index >= 15 is 0 Å². The van der Waals surface area contributed by atoms with Gasteiger partial charge in [-0.2, -0.15) is 0 Å². The quantitative estimate of drug-likeness (QED) is 0.470. The molecule has 1 aliphatic rings. The van der Waals surface area contributed by atoms with Crippen LogP contribution >= 0.6 is 0 Å². The highest BCUT2D eigenvalue weighted by Crippen LogP contribution is 2.33. The van der Waals surface area contributed by atoms with Crippen LogP contribution in [0.15, 0.2) is 66.9 Å². The van der Waals surface area contributed by atoms with Crippen LogP contribution < -0.4 is 5.73 Å². The zero-order valence-electron chi connectivity index (χ0n) is 15.8. The van der Waals surface area contributed by atoms with Gasteiger partial charge in [0.15, 0.2) is 5.82 Å². The van der Waals surface area contributed by atoms with Crippen molar-refractivity contribution in [3.05, 3.63) is 83.6 Å². The summed E-state index contributed by atoms with van der Waals surface area (Å²) in [6.07, 6.45) is 10.9. The second-order valence-electron chi connectivity index (χ2n) is 7.65. The molecule has 1 aliphatic carbocycles. The number of hydrogen-bond donors (Lipinski definition) is 1. The lowest BCUT2D eigenvalue weighted by atomic mass is 9.98. The van der Waals surface area contributed by atoms with Gasteiger partial charge in [-0.15, -0.1) is 0 Å². The number of fused-ring (bicyclic) bond motifs is 3. The van der Waals surface area contributed by atoms with Crippen molar-refractivity contribution < 1.29 is 0 Å². The van der Waals surface area contributed by atoms with Crippen LogP contribution in [0.2, 0.25) is 0 Å². The van der Waals surface area contributed by atoms with Crippen LogP contribution in [0.5, 0.6) is 0 Å². The van der Waals surface area contributed by atoms with E-state index < -0.39 is 0 Å². The molecule has 2 N–H and O–H groups in total. The molecule has 0 atom stereocenters. The number of pyridine rings is 2. The third-order valence-electron chi connectivity index (χ3n) is 5.52. The SMILES string of the molecule is Nc1nc2cc(/C=C/C3CC3)ccc2c2c(CCc3ccccc3)ccnc12. The van der Waals surface area contributed by atoms with Crippen molar-refractivity contribution in [1.82, 2.24) is 9.97 Å². The summed E-state index contributed by atoms with van der Waals surface area (Å²) in [5.41, 5.74) is 11.8. The molecule has 0 saturated heterocycles. The molecule has 0 spiro atoms. The normalized spacial score (nSPS) is 14.3. The number of nitrogens with zero attached hydrogens (tertiary/aromatic N) is 2. The van der Waals surface area contributed by atoms with Crippen LogP contribution in [0, 0.1) is 5.92 Å². The molecule has 0 amide bonds. The van der Waals surface area contributed by atoms with Crippen molar-refractivity contribution in [2.75, 3.05) is 5.73 Å². The van der Waals surface area contributed by atoms with Gasteiger partial charge in [0.05, 0.1) is 5.52 Å². The topological polar surface area (TPSA) is 51.8 Å². The minimum atomic E-state index is 0.507. The number of hydrogen-bond acceptors (Lipinski definition) is 3. The number of rotatable bonds is 5. The molecule has 1 fully saturated rings. The molecule has 1 saturated carbocycles. The number of aromatic nitrogens is 2. The number of anilines is 1. The van der Waals surface area contributed by atoms with Crippen molar-refractivity contribution in [2.45, 2.75) is 25.7 Å². The Balaban J connectivity index is 1.58. The number of benzene rings is 2. The monoisotopic (exact) mass is 365 g/mol. The smallest absolute Gasteiger partial charge is 0.150 e. The first-order chi connectivity index (χ1) is 13.8. The largest absolute Gasteiger partial charge is 0.382 e. The molecular formula is C25H23N3. The van der Waals surface area contributed by atoms with E-state index in [0.717, 1.165) is 40.6 Å². The molecule has 3 heteroatoms. The Labute approximate surface area is 164 Å². The van der Waals surface area contributed by atoms with Crippen LogP contribution in [0.25, 0.3) is 27.9 Å². The summed E-state index contributed by atoms with van der Waals surface area (Å²) in [5.74, 6) is 1.27. The highest BCUT2D eigenvalue weighted by molar-refractivity contribution is 6.10. The van der Waals surface area contributed by atoms with Crippen molar-refractivity contribution in [2.24, 2.45) is 5.92 Å². The Morgan fingerprint density at radius 1 is 1.00 bits per heavy atom. The van der Waals surface area contributed by atoms with Gasteiger partial charge < -0.3 is 5.73 Å². The summed E-state index contributed by atoms with van der Waals surface area (Å²) < 4.78 is 0. The first-order valence-electron chi connectivity index (χ1n) is 9.97. The summed E-state index contributed by atoms with van der Waals surface area (Å²) in [6, 6.07) is 19.2. The third-order valence-corrected chi connectivity index (χ3v) is 5.52. The molecule has 138 valence electrons. The van der Waals surface area contributed by atoms with E-state index in [1.807, 2.05) is 6.20 Å². The number of nitrogens with two attached hydrogens (primary N) is 1. The molecule has 5 rings (SSSR count). The molecule has 2 aromatic heterocycles. The van der Waals surface area contributed by atoms with E-state index in [-0.39, 0.29) is 0 Å². The van der Waals surface area contributed by atoms with Crippen molar-refractivity contribution in [3.8, 4) is 0 Å². The van der Waals surface area contributed by atoms with E-state index in [0.29, 0.717) is 5.82 Å². The predicted molar refractivity (Wildman–Crippen MR) is 117 cm³/mol. The number of aryl methyl sites for hydroxylation is 2. The van der Waals surface area contributed by atoms with Gasteiger partial charge >= 0.3 is 0 Å². The molecule has 2 heterocycles. The standard InChI is InChI=1S/C25H23N3/c26-25-24-23(20(14-15-27-24)12-10-17-4-2-1-3-5-17)21-13-11-19(16-22(21)28-25)9-8-18-6-7-18/h1-5,8-9,11,13-16,18H,6-7,10,12H2,(H2,26,28)/b9-8+. The van der Waals surface area contributed by atoms with Crippen molar-refractivity contribution in [3.63, 3.8) is 0 Å². The average molecular weight is 365 g/mol. The Hall–Kier alpha value is -3.20. The second-order valence-corrected chi connectivity index (χ2v) is 7.65. The van der Waals surface area contributed by atoms with E-state index in [4.69, 9.17) is 5.73 Å². The summed E-state index contributed by atoms with van der Waals surface area (Å²) >= 11 is 0. The van der Waals surface area contributed by atoms with Gasteiger partial charge in [0.2, 0.25) is 0 Å². The van der Waals surface area contributed by atoms with E-state index in [2.05, 4.69) is 76.7 Å². The fourth-order valence-corrected chi connectivity index (χ4v) is 3.80. The predicted octanol–water partition coefficient (Wildman–Crippen LogP) is 5.57. The van der Waals surface area contributed by atoms with Crippen LogP contribution in [-0.2, 0) is 12.8 Å². The first-order valence-corrected chi connectivity index (χ1v) is 9.97. The van der Waals surface area contributed by atoms with Gasteiger partial charge in [-0.1, -0.05) is 54.6 Å². The zero-order valence-corrected chi connectivity index (χ0v) is 15.8. The third kappa shape index (κ3) is 3.36. The minimum Gasteiger partial charge on any atom is -0.382 e. The molecule has 28 heavy (non-hydrogen) atoms. The minimum absolute atomic E-state index is 0.507. The van der Waals surface area contributed by atoms with Crippen LogP contribution in [0.1, 0.15) is 29.5 Å². The maximum absolute atomic E-state index is 6.29. The molecular weight excluding hydrogens is 342 g/mol. The van der Waals surface area contributed by atoms with Gasteiger partial charge in [0.25, 0.3) is 0 Å². The lowest BCUT2D eigenvalue weighted by Gasteiger charge is -2.11. The van der Waals surface area contributed by atoms with Crippen LogP contribution in [0.4, 0.5) is 5.82 Å². The molecule has 2 aromatic carbocycles. The number of allylic oxidation sites excluding steroid dienone is 1. The molecule has 0 bridgehead atoms. The Morgan fingerprint density at radius 3 is 2.68 bits per heavy atom. The lowest BCUT2D eigenvalue weighted by molar-refractivity contribution is 0.967. The average Bonchev–Trinajstić information content (AvgIpc) is 3.56. The molecule has 0 radical (unpaired) electrons. The summed E-state index contributed by atoms with van der Waals surface area (Å²) in [4.78, 5) is 9.18. The molecule has 0 aliphatic heterocycles. The van der Waals surface area contributed by atoms with Crippen LogP contribution in [-0.4, -0.2) is 9.97 Å². The van der Waals surface area contributed by atoms with E-state index in [9.17, 15) is 0 Å². The molecule has 0 unspecified atom stereocenters. The first kappa shape index (κ1) is 16.9. The molecule has 4 aromatic rings. The zero-order chi connectivity index (χ0) is 18.9. The van der Waals surface area contributed by atoms with E-state index in [1.165, 1.54) is 29.5 Å². The highest BCUT2D eigenvalue weighted by Gasteiger charge is 2.17. The summed E-state index contributed by atoms with van der Waals surface area (Å²) in [5, 5.41) is 2.27. The fraction of sp³-hybridized carbons (Fsp3) is 0.200. The van der Waals surface area contributed by atoms with Gasteiger partial charge in [-0.25, -0.2) is 4.98 Å². The maximum Gasteiger partial charge on any atom is 0.150 e. The Bertz CT molecular complexity index is 1170. The van der Waals surface area contributed by atoms with Crippen molar-refractivity contribution in [1.29, 1.82) is 0 Å². The summed E-state index contributed by atoms with van der Waals surface area (Å²) in [6.45, 7) is 0. The van der Waals surface area contributed by atoms with Crippen LogP contribution in [0.3, 0.4) is 0 Å². The fourth-order valence-electron chi connectivity index (χ4n) is 3.80. The second kappa shape index (κ2) is 7.08. The van der Waals surface area contributed by atoms with E-state index in [1.54, 1.807) is 0 Å². The van der Waals surface area contributed by atoms with Gasteiger partial charge in [-0.05, 0) is 60.4 Å². The lowest BCUT2D eigenvalue weighted by Crippen LogP contribution is -1.99. The van der Waals surface area contributed by atoms with Gasteiger partial charge in [-0.3, -0.25) is 4.98 Å². The summed E-state index contributed by atoms with van der Waals surface area (Å²) in [7, 11) is 0. The highest BCUT2D eigenvalue weighted by atomic mass is 14.9. The Kier molecular flexibility index (Phi) is 4.28. The Morgan fingerprint density at radius 2 is 1.86 bits per heavy atom. The number of nitrogen functional groups attached to an aromatic ring is 1. The van der Waals surface area contributed by atoms with Gasteiger partial charge in [0.1, 0.15) is 5.52 Å². The van der Waals surface area contributed by atoms with Crippen molar-refractivity contribution >= 4 is 33.7 Å². The molecule has 3 nitrogen and oxygen atoms in total. The maximum atomic E-state index is 6.29.